The summed E-state index contributed by atoms with van der Waals surface area (Å²) in [6, 6.07) is 16.0. The second kappa shape index (κ2) is 9.51. The average molecular weight is 516 g/mol. The first kappa shape index (κ1) is 23.1. The number of phenolic OH excluding ortho intramolecular Hbond substituents is 1. The Bertz CT molecular complexity index is 1300. The van der Waals surface area contributed by atoms with Crippen LogP contribution in [0.25, 0.3) is 6.08 Å². The molecule has 3 aromatic carbocycles. The molecule has 0 radical (unpaired) electrons. The highest BCUT2D eigenvalue weighted by Crippen LogP contribution is 2.40. The largest absolute Gasteiger partial charge is 0.507 e. The van der Waals surface area contributed by atoms with Crippen LogP contribution in [0.1, 0.15) is 21.5 Å². The van der Waals surface area contributed by atoms with Gasteiger partial charge in [0.05, 0.1) is 11.1 Å². The lowest BCUT2D eigenvalue weighted by molar-refractivity contribution is 0.101. The molecule has 0 amide bonds. The number of ketones is 1. The van der Waals surface area contributed by atoms with Crippen molar-refractivity contribution in [3.05, 3.63) is 92.1 Å². The Morgan fingerprint density at radius 1 is 0.941 bits per heavy atom. The SMILES string of the molecule is O=C1/C(=C/c2ccc(Cl)cc2Cl)Oc2c1ccc(O)c2CN1CCN(c2cccc(Cl)c2)CC1. The van der Waals surface area contributed by atoms with Crippen LogP contribution in [0.15, 0.2) is 60.4 Å². The van der Waals surface area contributed by atoms with Crippen molar-refractivity contribution in [1.29, 1.82) is 0 Å². The van der Waals surface area contributed by atoms with Crippen molar-refractivity contribution in [2.75, 3.05) is 31.1 Å². The van der Waals surface area contributed by atoms with Gasteiger partial charge in [-0.05, 0) is 54.1 Å². The van der Waals surface area contributed by atoms with Gasteiger partial charge in [0.15, 0.2) is 5.76 Å². The second-order valence-corrected chi connectivity index (χ2v) is 9.57. The molecule has 1 saturated heterocycles. The van der Waals surface area contributed by atoms with Gasteiger partial charge in [-0.3, -0.25) is 9.69 Å². The van der Waals surface area contributed by atoms with Crippen LogP contribution >= 0.6 is 34.8 Å². The number of rotatable bonds is 4. The summed E-state index contributed by atoms with van der Waals surface area (Å²) in [5.41, 5.74) is 2.76. The quantitative estimate of drug-likeness (QED) is 0.414. The molecule has 3 aromatic rings. The van der Waals surface area contributed by atoms with Gasteiger partial charge in [-0.2, -0.15) is 0 Å². The van der Waals surface area contributed by atoms with Gasteiger partial charge in [0.1, 0.15) is 11.5 Å². The molecule has 1 N–H and O–H groups in total. The van der Waals surface area contributed by atoms with E-state index in [4.69, 9.17) is 39.5 Å². The molecule has 5 nitrogen and oxygen atoms in total. The maximum Gasteiger partial charge on any atom is 0.231 e. The summed E-state index contributed by atoms with van der Waals surface area (Å²) < 4.78 is 5.97. The first-order valence-corrected chi connectivity index (χ1v) is 12.0. The Morgan fingerprint density at radius 3 is 2.44 bits per heavy atom. The third-order valence-corrected chi connectivity index (χ3v) is 6.89. The molecule has 5 rings (SSSR count). The molecule has 2 aliphatic heterocycles. The molecule has 0 bridgehead atoms. The van der Waals surface area contributed by atoms with Gasteiger partial charge in [0.25, 0.3) is 0 Å². The summed E-state index contributed by atoms with van der Waals surface area (Å²) in [6.07, 6.45) is 1.60. The van der Waals surface area contributed by atoms with E-state index in [1.807, 2.05) is 18.2 Å². The van der Waals surface area contributed by atoms with E-state index in [0.717, 1.165) is 36.9 Å². The van der Waals surface area contributed by atoms with Crippen molar-refractivity contribution in [2.24, 2.45) is 0 Å². The number of aromatic hydroxyl groups is 1. The Balaban J connectivity index is 1.34. The number of anilines is 1. The fourth-order valence-corrected chi connectivity index (χ4v) is 4.92. The van der Waals surface area contributed by atoms with Crippen LogP contribution in [0.3, 0.4) is 0 Å². The van der Waals surface area contributed by atoms with E-state index in [9.17, 15) is 9.90 Å². The number of fused-ring (bicyclic) bond motifs is 1. The standard InChI is InChI=1S/C26H21Cl3N2O3/c27-17-2-1-3-19(13-17)31-10-8-30(9-11-31)15-21-23(32)7-6-20-25(33)24(34-26(20)21)12-16-4-5-18(28)14-22(16)29/h1-7,12-14,32H,8-11,15H2/b24-12-. The molecule has 0 aliphatic carbocycles. The Kier molecular flexibility index (Phi) is 6.45. The number of ether oxygens (including phenoxy) is 1. The molecule has 0 aromatic heterocycles. The Morgan fingerprint density at radius 2 is 1.71 bits per heavy atom. The smallest absolute Gasteiger partial charge is 0.231 e. The zero-order valence-electron chi connectivity index (χ0n) is 18.1. The normalized spacial score (nSPS) is 17.2. The van der Waals surface area contributed by atoms with Crippen molar-refractivity contribution in [3.8, 4) is 11.5 Å². The van der Waals surface area contributed by atoms with Crippen LogP contribution in [-0.4, -0.2) is 42.0 Å². The van der Waals surface area contributed by atoms with Crippen molar-refractivity contribution in [2.45, 2.75) is 6.54 Å². The van der Waals surface area contributed by atoms with Crippen molar-refractivity contribution >= 4 is 52.3 Å². The number of carbonyl (C=O) groups is 1. The van der Waals surface area contributed by atoms with Gasteiger partial charge in [0, 0.05) is 53.5 Å². The summed E-state index contributed by atoms with van der Waals surface area (Å²) in [6.45, 7) is 3.73. The molecule has 2 aliphatic rings. The Hall–Kier alpha value is -2.70. The fraction of sp³-hybridized carbons (Fsp3) is 0.192. The van der Waals surface area contributed by atoms with Crippen molar-refractivity contribution in [1.82, 2.24) is 4.90 Å². The third-order valence-electron chi connectivity index (χ3n) is 6.09. The molecule has 0 spiro atoms. The first-order chi connectivity index (χ1) is 16.4. The molecule has 8 heteroatoms. The maximum atomic E-state index is 13.0. The highest BCUT2D eigenvalue weighted by molar-refractivity contribution is 6.35. The number of halogens is 3. The number of nitrogens with zero attached hydrogens (tertiary/aromatic N) is 2. The lowest BCUT2D eigenvalue weighted by atomic mass is 10.0. The summed E-state index contributed by atoms with van der Waals surface area (Å²) in [5, 5.41) is 12.3. The lowest BCUT2D eigenvalue weighted by Gasteiger charge is -2.36. The molecular formula is C26H21Cl3N2O3. The minimum Gasteiger partial charge on any atom is -0.507 e. The van der Waals surface area contributed by atoms with Gasteiger partial charge in [-0.1, -0.05) is 46.9 Å². The topological polar surface area (TPSA) is 53.0 Å². The molecule has 0 atom stereocenters. The summed E-state index contributed by atoms with van der Waals surface area (Å²) >= 11 is 18.4. The van der Waals surface area contributed by atoms with Crippen LogP contribution in [-0.2, 0) is 6.54 Å². The molecule has 174 valence electrons. The van der Waals surface area contributed by atoms with Crippen LogP contribution < -0.4 is 9.64 Å². The van der Waals surface area contributed by atoms with Gasteiger partial charge >= 0.3 is 0 Å². The molecular weight excluding hydrogens is 495 g/mol. The predicted molar refractivity (Wildman–Crippen MR) is 136 cm³/mol. The fourth-order valence-electron chi connectivity index (χ4n) is 4.27. The van der Waals surface area contributed by atoms with Gasteiger partial charge < -0.3 is 14.7 Å². The van der Waals surface area contributed by atoms with Crippen molar-refractivity contribution in [3.63, 3.8) is 0 Å². The summed E-state index contributed by atoms with van der Waals surface area (Å²) in [4.78, 5) is 17.5. The van der Waals surface area contributed by atoms with Crippen LogP contribution in [0.5, 0.6) is 11.5 Å². The highest BCUT2D eigenvalue weighted by Gasteiger charge is 2.32. The molecule has 0 unspecified atom stereocenters. The van der Waals surface area contributed by atoms with Crippen LogP contribution in [0.4, 0.5) is 5.69 Å². The molecule has 0 saturated carbocycles. The number of benzene rings is 3. The third kappa shape index (κ3) is 4.62. The van der Waals surface area contributed by atoms with Gasteiger partial charge in [0.2, 0.25) is 5.78 Å². The predicted octanol–water partition coefficient (Wildman–Crippen LogP) is 6.29. The number of hydrogen-bond acceptors (Lipinski definition) is 5. The minimum atomic E-state index is -0.243. The van der Waals surface area contributed by atoms with Crippen LogP contribution in [0, 0.1) is 0 Å². The molecule has 2 heterocycles. The zero-order valence-corrected chi connectivity index (χ0v) is 20.4. The highest BCUT2D eigenvalue weighted by atomic mass is 35.5. The average Bonchev–Trinajstić information content (AvgIpc) is 3.13. The number of phenols is 1. The van der Waals surface area contributed by atoms with Gasteiger partial charge in [-0.25, -0.2) is 0 Å². The van der Waals surface area contributed by atoms with E-state index in [1.165, 1.54) is 0 Å². The van der Waals surface area contributed by atoms with E-state index in [2.05, 4.69) is 15.9 Å². The van der Waals surface area contributed by atoms with Crippen LogP contribution in [0.2, 0.25) is 15.1 Å². The number of hydrogen-bond donors (Lipinski definition) is 1. The lowest BCUT2D eigenvalue weighted by Crippen LogP contribution is -2.46. The van der Waals surface area contributed by atoms with E-state index in [-0.39, 0.29) is 17.3 Å². The number of Topliss-reactive ketones (excluding diaryl/α,β-unsaturated/α-hetero) is 1. The monoisotopic (exact) mass is 514 g/mol. The summed E-state index contributed by atoms with van der Waals surface area (Å²) in [5.74, 6) is 0.429. The maximum absolute atomic E-state index is 13.0. The molecule has 34 heavy (non-hydrogen) atoms. The Labute approximate surface area is 212 Å². The number of piperazine rings is 1. The minimum absolute atomic E-state index is 0.106. The van der Waals surface area contributed by atoms with Crippen molar-refractivity contribution < 1.29 is 14.6 Å². The zero-order chi connectivity index (χ0) is 23.8. The first-order valence-electron chi connectivity index (χ1n) is 10.9. The number of carbonyl (C=O) groups excluding carboxylic acids is 1. The number of allylic oxidation sites excluding steroid dienone is 1. The molecule has 1 fully saturated rings. The van der Waals surface area contributed by atoms with E-state index in [1.54, 1.807) is 36.4 Å². The second-order valence-electron chi connectivity index (χ2n) is 8.29. The van der Waals surface area contributed by atoms with E-state index in [0.29, 0.717) is 39.0 Å². The van der Waals surface area contributed by atoms with E-state index >= 15 is 0 Å². The van der Waals surface area contributed by atoms with E-state index < -0.39 is 0 Å². The summed E-state index contributed by atoms with van der Waals surface area (Å²) in [7, 11) is 0. The van der Waals surface area contributed by atoms with Gasteiger partial charge in [-0.15, -0.1) is 0 Å².